The summed E-state index contributed by atoms with van der Waals surface area (Å²) in [5.41, 5.74) is 7.23. The number of aldehydes is 1. The van der Waals surface area contributed by atoms with Gasteiger partial charge in [0.25, 0.3) is 0 Å². The van der Waals surface area contributed by atoms with Gasteiger partial charge in [-0.05, 0) is 57.0 Å². The molecule has 1 N–H and O–H groups in total. The Morgan fingerprint density at radius 1 is 1.05 bits per heavy atom. The van der Waals surface area contributed by atoms with Gasteiger partial charge in [-0.3, -0.25) is 14.7 Å². The average molecular weight is 549 g/mol. The summed E-state index contributed by atoms with van der Waals surface area (Å²) < 4.78 is 7.52. The Balaban J connectivity index is 1.31. The molecule has 0 aliphatic carbocycles. The summed E-state index contributed by atoms with van der Waals surface area (Å²) in [5, 5.41) is 9.24. The number of rotatable bonds is 4. The van der Waals surface area contributed by atoms with Crippen molar-refractivity contribution in [3.05, 3.63) is 83.8 Å². The molecule has 9 heteroatoms. The summed E-state index contributed by atoms with van der Waals surface area (Å²) in [7, 11) is 0. The Labute approximate surface area is 238 Å². The van der Waals surface area contributed by atoms with Gasteiger partial charge in [-0.2, -0.15) is 5.10 Å². The molecule has 208 valence electrons. The molecule has 5 aromatic rings. The van der Waals surface area contributed by atoms with Gasteiger partial charge < -0.3 is 10.1 Å². The number of carbonyl (C=O) groups is 2. The van der Waals surface area contributed by atoms with Crippen LogP contribution in [-0.2, 0) is 4.74 Å². The summed E-state index contributed by atoms with van der Waals surface area (Å²) in [5.74, 6) is 0. The molecular weight excluding hydrogens is 516 g/mol. The molecule has 0 radical (unpaired) electrons. The Morgan fingerprint density at radius 3 is 2.61 bits per heavy atom. The number of hydrogen-bond donors (Lipinski definition) is 1. The number of nitrogens with zero attached hydrogens (tertiary/aromatic N) is 5. The van der Waals surface area contributed by atoms with Crippen molar-refractivity contribution in [2.24, 2.45) is 0 Å². The van der Waals surface area contributed by atoms with Gasteiger partial charge in [0.1, 0.15) is 11.9 Å². The summed E-state index contributed by atoms with van der Waals surface area (Å²) in [6.45, 7) is 9.64. The highest BCUT2D eigenvalue weighted by Gasteiger charge is 2.31. The van der Waals surface area contributed by atoms with Crippen LogP contribution in [0.3, 0.4) is 0 Å². The van der Waals surface area contributed by atoms with Crippen molar-refractivity contribution < 1.29 is 14.3 Å². The van der Waals surface area contributed by atoms with Crippen LogP contribution in [0.4, 0.5) is 4.79 Å². The van der Waals surface area contributed by atoms with Crippen LogP contribution in [0, 0.1) is 6.92 Å². The molecule has 1 atom stereocenters. The third kappa shape index (κ3) is 5.16. The molecule has 0 bridgehead atoms. The quantitative estimate of drug-likeness (QED) is 0.291. The summed E-state index contributed by atoms with van der Waals surface area (Å²) >= 11 is 0. The molecular formula is C32H32N6O3. The van der Waals surface area contributed by atoms with Crippen LogP contribution >= 0.6 is 0 Å². The molecule has 0 spiro atoms. The van der Waals surface area contributed by atoms with Crippen LogP contribution in [0.2, 0.25) is 0 Å². The zero-order valence-electron chi connectivity index (χ0n) is 23.6. The van der Waals surface area contributed by atoms with Gasteiger partial charge in [0.15, 0.2) is 5.65 Å². The van der Waals surface area contributed by atoms with E-state index >= 15 is 0 Å². The minimum Gasteiger partial charge on any atom is -0.444 e. The summed E-state index contributed by atoms with van der Waals surface area (Å²) in [6.07, 6.45) is 4.09. The maximum atomic E-state index is 12.9. The lowest BCUT2D eigenvalue weighted by Gasteiger charge is -2.37. The number of imidazole rings is 1. The SMILES string of the molecule is Cc1nn2c(-c3ccnc4cc(C=O)ccc34)cnc2cc1-c1ccc(C2CNCCN2C(=O)OC(C)(C)C)cc1. The molecule has 6 rings (SSSR count). The third-order valence-electron chi connectivity index (χ3n) is 7.33. The highest BCUT2D eigenvalue weighted by Crippen LogP contribution is 2.32. The first kappa shape index (κ1) is 26.6. The number of carbonyl (C=O) groups excluding carboxylic acids is 2. The fourth-order valence-electron chi connectivity index (χ4n) is 5.36. The lowest BCUT2D eigenvalue weighted by atomic mass is 9.98. The zero-order chi connectivity index (χ0) is 28.7. The lowest BCUT2D eigenvalue weighted by Crippen LogP contribution is -2.50. The van der Waals surface area contributed by atoms with Crippen LogP contribution < -0.4 is 5.32 Å². The van der Waals surface area contributed by atoms with Gasteiger partial charge in [0.2, 0.25) is 0 Å². The molecule has 2 aromatic carbocycles. The normalized spacial score (nSPS) is 15.8. The fourth-order valence-corrected chi connectivity index (χ4v) is 5.36. The van der Waals surface area contributed by atoms with Crippen molar-refractivity contribution in [2.45, 2.75) is 39.3 Å². The first-order valence-corrected chi connectivity index (χ1v) is 13.7. The predicted molar refractivity (Wildman–Crippen MR) is 158 cm³/mol. The number of hydrogen-bond acceptors (Lipinski definition) is 7. The number of nitrogens with one attached hydrogen (secondary N) is 1. The molecule has 1 fully saturated rings. The van der Waals surface area contributed by atoms with Crippen LogP contribution in [0.15, 0.2) is 67.0 Å². The predicted octanol–water partition coefficient (Wildman–Crippen LogP) is 5.61. The van der Waals surface area contributed by atoms with E-state index < -0.39 is 5.60 Å². The number of fused-ring (bicyclic) bond motifs is 2. The molecule has 0 saturated carbocycles. The molecule has 1 aliphatic heterocycles. The van der Waals surface area contributed by atoms with E-state index in [1.54, 1.807) is 18.3 Å². The maximum absolute atomic E-state index is 12.9. The molecule has 1 saturated heterocycles. The zero-order valence-corrected chi connectivity index (χ0v) is 23.6. The van der Waals surface area contributed by atoms with E-state index in [2.05, 4.69) is 39.6 Å². The molecule has 3 aromatic heterocycles. The summed E-state index contributed by atoms with van der Waals surface area (Å²) in [6, 6.07) is 17.7. The van der Waals surface area contributed by atoms with E-state index in [1.165, 1.54) is 0 Å². The minimum absolute atomic E-state index is 0.109. The number of ether oxygens (including phenoxy) is 1. The van der Waals surface area contributed by atoms with Crippen LogP contribution in [0.1, 0.15) is 48.4 Å². The van der Waals surface area contributed by atoms with Gasteiger partial charge in [0.05, 0.1) is 29.1 Å². The standard InChI is InChI=1S/C32H32N6O3/c1-20-26(22-6-8-23(9-7-22)28-17-33-13-14-37(28)31(40)41-32(2,3)4)16-30-35-18-29(38(30)36-20)25-11-12-34-27-15-21(19-39)5-10-24(25)27/h5-12,15-16,18-19,28,33H,13-14,17H2,1-4H3. The smallest absolute Gasteiger partial charge is 0.410 e. The summed E-state index contributed by atoms with van der Waals surface area (Å²) in [4.78, 5) is 35.1. The molecule has 1 aliphatic rings. The number of amides is 1. The number of benzene rings is 2. The van der Waals surface area contributed by atoms with Gasteiger partial charge >= 0.3 is 6.09 Å². The van der Waals surface area contributed by atoms with Crippen molar-refractivity contribution in [3.8, 4) is 22.4 Å². The van der Waals surface area contributed by atoms with Gasteiger partial charge in [-0.15, -0.1) is 0 Å². The highest BCUT2D eigenvalue weighted by molar-refractivity contribution is 5.96. The Hall–Kier alpha value is -4.63. The molecule has 1 unspecified atom stereocenters. The Morgan fingerprint density at radius 2 is 1.85 bits per heavy atom. The fraction of sp³-hybridized carbons (Fsp3) is 0.281. The largest absolute Gasteiger partial charge is 0.444 e. The topological polar surface area (TPSA) is 102 Å². The van der Waals surface area contributed by atoms with Crippen LogP contribution in [0.25, 0.3) is 38.9 Å². The molecule has 1 amide bonds. The number of aromatic nitrogens is 4. The second kappa shape index (κ2) is 10.4. The van der Waals surface area contributed by atoms with Crippen molar-refractivity contribution in [3.63, 3.8) is 0 Å². The van der Waals surface area contributed by atoms with E-state index in [0.29, 0.717) is 18.7 Å². The molecule has 41 heavy (non-hydrogen) atoms. The van der Waals surface area contributed by atoms with Crippen molar-refractivity contribution in [2.75, 3.05) is 19.6 Å². The maximum Gasteiger partial charge on any atom is 0.410 e. The molecule has 9 nitrogen and oxygen atoms in total. The van der Waals surface area contributed by atoms with Crippen molar-refractivity contribution >= 4 is 28.9 Å². The highest BCUT2D eigenvalue weighted by atomic mass is 16.6. The second-order valence-corrected chi connectivity index (χ2v) is 11.3. The number of pyridine rings is 1. The van der Waals surface area contributed by atoms with Crippen LogP contribution in [0.5, 0.6) is 0 Å². The van der Waals surface area contributed by atoms with Gasteiger partial charge in [0, 0.05) is 47.9 Å². The van der Waals surface area contributed by atoms with Crippen LogP contribution in [-0.4, -0.2) is 62.1 Å². The number of aryl methyl sites for hydroxylation is 1. The molecule has 4 heterocycles. The van der Waals surface area contributed by atoms with Gasteiger partial charge in [-0.1, -0.05) is 36.4 Å². The average Bonchev–Trinajstić information content (AvgIpc) is 3.37. The van der Waals surface area contributed by atoms with E-state index in [4.69, 9.17) is 9.84 Å². The first-order chi connectivity index (χ1) is 19.7. The van der Waals surface area contributed by atoms with E-state index in [9.17, 15) is 9.59 Å². The van der Waals surface area contributed by atoms with Crippen molar-refractivity contribution in [1.82, 2.24) is 29.8 Å². The minimum atomic E-state index is -0.545. The monoisotopic (exact) mass is 548 g/mol. The van der Waals surface area contributed by atoms with Gasteiger partial charge in [-0.25, -0.2) is 14.3 Å². The first-order valence-electron chi connectivity index (χ1n) is 13.7. The Bertz CT molecular complexity index is 1770. The number of piperazine rings is 1. The van der Waals surface area contributed by atoms with Crippen molar-refractivity contribution in [1.29, 1.82) is 0 Å². The van der Waals surface area contributed by atoms with E-state index in [0.717, 1.165) is 63.0 Å². The van der Waals surface area contributed by atoms with E-state index in [1.807, 2.05) is 61.5 Å². The Kier molecular flexibility index (Phi) is 6.75. The third-order valence-corrected chi connectivity index (χ3v) is 7.33. The second-order valence-electron chi connectivity index (χ2n) is 11.3. The van der Waals surface area contributed by atoms with E-state index in [-0.39, 0.29) is 12.1 Å². The lowest BCUT2D eigenvalue weighted by molar-refractivity contribution is 0.0118.